The fourth-order valence-corrected chi connectivity index (χ4v) is 2.89. The van der Waals surface area contributed by atoms with Gasteiger partial charge in [-0.1, -0.05) is 39.0 Å². The number of ether oxygens (including phenoxy) is 3. The molecule has 0 radical (unpaired) electrons. The van der Waals surface area contributed by atoms with Gasteiger partial charge in [0, 0.05) is 19.4 Å². The van der Waals surface area contributed by atoms with Crippen LogP contribution in [0.3, 0.4) is 0 Å². The summed E-state index contributed by atoms with van der Waals surface area (Å²) in [5.41, 5.74) is 2.48. The Bertz CT molecular complexity index is 1100. The molecular weight excluding hydrogens is 398 g/mol. The molecule has 0 aliphatic carbocycles. The van der Waals surface area contributed by atoms with Crippen molar-refractivity contribution in [3.63, 3.8) is 0 Å². The maximum atomic E-state index is 12.3. The van der Waals surface area contributed by atoms with Gasteiger partial charge >= 0.3 is 17.9 Å². The van der Waals surface area contributed by atoms with Crippen molar-refractivity contribution in [2.75, 3.05) is 0 Å². The van der Waals surface area contributed by atoms with Crippen LogP contribution in [0.15, 0.2) is 53.2 Å². The van der Waals surface area contributed by atoms with Gasteiger partial charge in [0.25, 0.3) is 0 Å². The van der Waals surface area contributed by atoms with Gasteiger partial charge in [0.15, 0.2) is 17.2 Å². The highest BCUT2D eigenvalue weighted by Gasteiger charge is 2.25. The Morgan fingerprint density at radius 1 is 0.935 bits per heavy atom. The van der Waals surface area contributed by atoms with E-state index in [4.69, 9.17) is 14.2 Å². The zero-order chi connectivity index (χ0) is 22.8. The largest absolute Gasteiger partial charge is 0.423 e. The first-order valence-electron chi connectivity index (χ1n) is 9.67. The number of nitrogens with zero attached hydrogens (tertiary/aromatic N) is 1. The van der Waals surface area contributed by atoms with Crippen LogP contribution in [0, 0.1) is 0 Å². The van der Waals surface area contributed by atoms with Crippen molar-refractivity contribution in [3.8, 4) is 11.5 Å². The van der Waals surface area contributed by atoms with Crippen molar-refractivity contribution in [2.24, 2.45) is 4.99 Å². The highest BCUT2D eigenvalue weighted by Crippen LogP contribution is 2.31. The number of carbonyl (C=O) groups is 3. The molecule has 0 aromatic heterocycles. The Morgan fingerprint density at radius 3 is 2.13 bits per heavy atom. The second-order valence-electron chi connectivity index (χ2n) is 8.06. The molecule has 2 aromatic carbocycles. The number of hydrogen-bond donors (Lipinski definition) is 0. The minimum Gasteiger partial charge on any atom is -0.423 e. The summed E-state index contributed by atoms with van der Waals surface area (Å²) in [7, 11) is 0. The monoisotopic (exact) mass is 421 g/mol. The van der Waals surface area contributed by atoms with Crippen molar-refractivity contribution in [3.05, 3.63) is 64.9 Å². The van der Waals surface area contributed by atoms with Gasteiger partial charge in [-0.2, -0.15) is 0 Å². The van der Waals surface area contributed by atoms with Crippen molar-refractivity contribution < 1.29 is 28.6 Å². The van der Waals surface area contributed by atoms with E-state index in [0.717, 1.165) is 5.56 Å². The number of rotatable bonds is 4. The smallest absolute Gasteiger partial charge is 0.363 e. The van der Waals surface area contributed by atoms with Gasteiger partial charge in [-0.25, -0.2) is 9.79 Å². The van der Waals surface area contributed by atoms with E-state index in [9.17, 15) is 14.4 Å². The third-order valence-electron chi connectivity index (χ3n) is 4.40. The van der Waals surface area contributed by atoms with Crippen molar-refractivity contribution in [1.82, 2.24) is 0 Å². The van der Waals surface area contributed by atoms with Crippen molar-refractivity contribution >= 4 is 29.9 Å². The lowest BCUT2D eigenvalue weighted by Crippen LogP contribution is -2.11. The number of benzene rings is 2. The number of aliphatic imine (C=N–C) groups is 1. The van der Waals surface area contributed by atoms with Crippen molar-refractivity contribution in [2.45, 2.75) is 40.0 Å². The topological polar surface area (TPSA) is 91.3 Å². The normalized spacial score (nSPS) is 14.8. The quantitative estimate of drug-likeness (QED) is 0.418. The number of cyclic esters (lactones) is 1. The standard InChI is InChI=1S/C24H23NO6/c1-14(26)29-20-11-6-16(13-21(20)30-15(2)27)12-19-23(28)31-22(25-19)17-7-9-18(10-8-17)24(3,4)5/h6-13H,1-5H3. The molecule has 3 rings (SSSR count). The average molecular weight is 421 g/mol. The summed E-state index contributed by atoms with van der Waals surface area (Å²) in [5.74, 6) is -1.34. The van der Waals surface area contributed by atoms with E-state index in [0.29, 0.717) is 11.1 Å². The average Bonchev–Trinajstić information content (AvgIpc) is 3.03. The molecule has 0 fully saturated rings. The summed E-state index contributed by atoms with van der Waals surface area (Å²) in [5, 5.41) is 0. The van der Waals surface area contributed by atoms with Gasteiger partial charge in [0.05, 0.1) is 0 Å². The molecule has 0 amide bonds. The van der Waals surface area contributed by atoms with Gasteiger partial charge in [-0.3, -0.25) is 9.59 Å². The number of esters is 3. The van der Waals surface area contributed by atoms with Crippen molar-refractivity contribution in [1.29, 1.82) is 0 Å². The molecule has 7 heteroatoms. The summed E-state index contributed by atoms with van der Waals surface area (Å²) in [4.78, 5) is 39.2. The Kier molecular flexibility index (Phi) is 6.06. The van der Waals surface area contributed by atoms with E-state index in [1.165, 1.54) is 32.1 Å². The highest BCUT2D eigenvalue weighted by molar-refractivity contribution is 6.12. The van der Waals surface area contributed by atoms with Crippen LogP contribution in [0.25, 0.3) is 6.08 Å². The molecule has 7 nitrogen and oxygen atoms in total. The lowest BCUT2D eigenvalue weighted by atomic mass is 9.87. The first-order valence-corrected chi connectivity index (χ1v) is 9.67. The predicted octanol–water partition coefficient (Wildman–Crippen LogP) is 4.18. The molecule has 160 valence electrons. The molecule has 0 unspecified atom stereocenters. The third-order valence-corrected chi connectivity index (χ3v) is 4.40. The fraction of sp³-hybridized carbons (Fsp3) is 0.250. The Labute approximate surface area is 180 Å². The molecule has 1 aliphatic rings. The number of hydrogen-bond acceptors (Lipinski definition) is 7. The molecule has 0 saturated heterocycles. The molecule has 1 heterocycles. The van der Waals surface area contributed by atoms with Crippen LogP contribution >= 0.6 is 0 Å². The minimum absolute atomic E-state index is 0.00959. The van der Waals surface area contributed by atoms with Crippen LogP contribution in [0.5, 0.6) is 11.5 Å². The molecule has 1 aliphatic heterocycles. The summed E-state index contributed by atoms with van der Waals surface area (Å²) >= 11 is 0. The van der Waals surface area contributed by atoms with E-state index in [1.807, 2.05) is 24.3 Å². The van der Waals surface area contributed by atoms with E-state index in [-0.39, 0.29) is 28.5 Å². The molecular formula is C24H23NO6. The molecule has 0 bridgehead atoms. The summed E-state index contributed by atoms with van der Waals surface area (Å²) in [6.07, 6.45) is 1.50. The molecule has 0 atom stereocenters. The Morgan fingerprint density at radius 2 is 1.55 bits per heavy atom. The van der Waals surface area contributed by atoms with E-state index in [2.05, 4.69) is 25.8 Å². The van der Waals surface area contributed by atoms with Crippen LogP contribution in [-0.4, -0.2) is 23.8 Å². The highest BCUT2D eigenvalue weighted by atomic mass is 16.6. The summed E-state index contributed by atoms with van der Waals surface area (Å²) in [6, 6.07) is 12.2. The van der Waals surface area contributed by atoms with Crippen LogP contribution in [-0.2, 0) is 24.5 Å². The van der Waals surface area contributed by atoms with E-state index < -0.39 is 17.9 Å². The van der Waals surface area contributed by atoms with Gasteiger partial charge < -0.3 is 14.2 Å². The minimum atomic E-state index is -0.590. The van der Waals surface area contributed by atoms with E-state index >= 15 is 0 Å². The third kappa shape index (κ3) is 5.45. The first-order chi connectivity index (χ1) is 14.5. The SMILES string of the molecule is CC(=O)Oc1ccc(C=C2N=C(c3ccc(C(C)(C)C)cc3)OC2=O)cc1OC(C)=O. The molecule has 2 aromatic rings. The van der Waals surface area contributed by atoms with Crippen LogP contribution in [0.4, 0.5) is 0 Å². The maximum Gasteiger partial charge on any atom is 0.363 e. The maximum absolute atomic E-state index is 12.3. The Balaban J connectivity index is 1.90. The summed E-state index contributed by atoms with van der Waals surface area (Å²) < 4.78 is 15.5. The second-order valence-corrected chi connectivity index (χ2v) is 8.06. The lowest BCUT2D eigenvalue weighted by molar-refractivity contribution is -0.134. The fourth-order valence-electron chi connectivity index (χ4n) is 2.89. The molecule has 0 N–H and O–H groups in total. The Hall–Kier alpha value is -3.74. The molecule has 31 heavy (non-hydrogen) atoms. The van der Waals surface area contributed by atoms with Crippen LogP contribution < -0.4 is 9.47 Å². The summed E-state index contributed by atoms with van der Waals surface area (Å²) in [6.45, 7) is 8.83. The zero-order valence-electron chi connectivity index (χ0n) is 18.0. The van der Waals surface area contributed by atoms with Gasteiger partial charge in [0.1, 0.15) is 0 Å². The second kappa shape index (κ2) is 8.55. The predicted molar refractivity (Wildman–Crippen MR) is 115 cm³/mol. The van der Waals surface area contributed by atoms with Crippen LogP contribution in [0.2, 0.25) is 0 Å². The molecule has 0 spiro atoms. The van der Waals surface area contributed by atoms with Gasteiger partial charge in [-0.05, 0) is 46.9 Å². The van der Waals surface area contributed by atoms with Gasteiger partial charge in [-0.15, -0.1) is 0 Å². The number of carbonyl (C=O) groups excluding carboxylic acids is 3. The zero-order valence-corrected chi connectivity index (χ0v) is 18.0. The first kappa shape index (κ1) is 22.0. The lowest BCUT2D eigenvalue weighted by Gasteiger charge is -2.18. The van der Waals surface area contributed by atoms with E-state index in [1.54, 1.807) is 6.07 Å². The molecule has 0 saturated carbocycles. The van der Waals surface area contributed by atoms with Crippen LogP contribution in [0.1, 0.15) is 51.3 Å². The van der Waals surface area contributed by atoms with Gasteiger partial charge in [0.2, 0.25) is 5.90 Å².